The first kappa shape index (κ1) is 24.9. The molecule has 1 saturated heterocycles. The summed E-state index contributed by atoms with van der Waals surface area (Å²) in [7, 11) is -2.82. The zero-order chi connectivity index (χ0) is 25.5. The molecule has 1 aliphatic rings. The van der Waals surface area contributed by atoms with Crippen molar-refractivity contribution in [2.45, 2.75) is 4.90 Å². The third-order valence-corrected chi connectivity index (χ3v) is 6.89. The lowest BCUT2D eigenvalue weighted by atomic mass is 10.2. The molecule has 4 rings (SSSR count). The fraction of sp³-hybridized carbons (Fsp3) is 0.208. The Hall–Kier alpha value is -4.16. The van der Waals surface area contributed by atoms with Gasteiger partial charge in [0, 0.05) is 30.9 Å². The lowest BCUT2D eigenvalue weighted by molar-refractivity contribution is -0.385. The monoisotopic (exact) mass is 511 g/mol. The van der Waals surface area contributed by atoms with Gasteiger partial charge in [-0.05, 0) is 35.9 Å². The van der Waals surface area contributed by atoms with Crippen molar-refractivity contribution in [1.82, 2.24) is 0 Å². The number of ether oxygens (including phenoxy) is 2. The van der Waals surface area contributed by atoms with Gasteiger partial charge in [0.15, 0.2) is 0 Å². The highest BCUT2D eigenvalue weighted by molar-refractivity contribution is 7.93. The second kappa shape index (κ2) is 11.1. The molecule has 1 heterocycles. The van der Waals surface area contributed by atoms with Crippen LogP contribution in [-0.4, -0.2) is 53.0 Å². The minimum Gasteiger partial charge on any atom is -0.495 e. The van der Waals surface area contributed by atoms with Gasteiger partial charge in [0.1, 0.15) is 10.6 Å². The van der Waals surface area contributed by atoms with E-state index in [2.05, 4.69) is 20.1 Å². The topological polar surface area (TPSA) is 135 Å². The molecule has 0 atom stereocenters. The molecule has 0 amide bonds. The van der Waals surface area contributed by atoms with Crippen LogP contribution in [0.5, 0.6) is 5.75 Å². The summed E-state index contributed by atoms with van der Waals surface area (Å²) in [6.45, 7) is 3.05. The van der Waals surface area contributed by atoms with Gasteiger partial charge in [0.05, 0.1) is 42.8 Å². The molecule has 3 aromatic rings. The molecule has 0 radical (unpaired) electrons. The summed E-state index contributed by atoms with van der Waals surface area (Å²) in [5, 5.41) is 15.4. The van der Waals surface area contributed by atoms with Crippen LogP contribution in [0.4, 0.5) is 22.7 Å². The van der Waals surface area contributed by atoms with Crippen LogP contribution in [0, 0.1) is 10.1 Å². The molecule has 36 heavy (non-hydrogen) atoms. The summed E-state index contributed by atoms with van der Waals surface area (Å²) in [4.78, 5) is 12.5. The summed E-state index contributed by atoms with van der Waals surface area (Å²) in [5.74, 6) is 0.305. The predicted octanol–water partition coefficient (Wildman–Crippen LogP) is 3.69. The van der Waals surface area contributed by atoms with E-state index in [9.17, 15) is 18.5 Å². The van der Waals surface area contributed by atoms with Crippen molar-refractivity contribution in [1.29, 1.82) is 0 Å². The maximum atomic E-state index is 13.2. The van der Waals surface area contributed by atoms with Crippen LogP contribution in [0.2, 0.25) is 0 Å². The Kier molecular flexibility index (Phi) is 7.66. The molecule has 1 aliphatic heterocycles. The normalized spacial score (nSPS) is 14.0. The first-order valence-electron chi connectivity index (χ1n) is 11.0. The molecule has 1 fully saturated rings. The standard InChI is InChI=1S/C24H25N5O6S/c1-34-23-5-3-2-4-21(23)27-36(32,33)24-16-20(29(30)31)10-11-22(24)26-25-17-18-6-8-19(9-7-18)28-12-14-35-15-13-28/h2-11,16-17,26-27H,12-15H2,1H3/b25-17-. The van der Waals surface area contributed by atoms with Crippen molar-refractivity contribution in [3.8, 4) is 5.75 Å². The molecule has 0 spiro atoms. The number of methoxy groups -OCH3 is 1. The molecular formula is C24H25N5O6S. The van der Waals surface area contributed by atoms with Crippen molar-refractivity contribution < 1.29 is 22.8 Å². The second-order valence-electron chi connectivity index (χ2n) is 7.80. The number of benzene rings is 3. The second-order valence-corrected chi connectivity index (χ2v) is 9.46. The van der Waals surface area contributed by atoms with Crippen molar-refractivity contribution in [3.05, 3.63) is 82.4 Å². The van der Waals surface area contributed by atoms with Crippen molar-refractivity contribution in [3.63, 3.8) is 0 Å². The van der Waals surface area contributed by atoms with Gasteiger partial charge >= 0.3 is 0 Å². The molecule has 0 aromatic heterocycles. The third-order valence-electron chi connectivity index (χ3n) is 5.48. The lowest BCUT2D eigenvalue weighted by Gasteiger charge is -2.28. The number of nitro benzene ring substituents is 1. The summed E-state index contributed by atoms with van der Waals surface area (Å²) >= 11 is 0. The van der Waals surface area contributed by atoms with Gasteiger partial charge < -0.3 is 14.4 Å². The number of nitro groups is 1. The molecule has 0 saturated carbocycles. The van der Waals surface area contributed by atoms with Gasteiger partial charge in [-0.1, -0.05) is 24.3 Å². The van der Waals surface area contributed by atoms with Crippen LogP contribution in [-0.2, 0) is 14.8 Å². The first-order valence-corrected chi connectivity index (χ1v) is 12.5. The molecule has 11 nitrogen and oxygen atoms in total. The lowest BCUT2D eigenvalue weighted by Crippen LogP contribution is -2.36. The molecule has 12 heteroatoms. The summed E-state index contributed by atoms with van der Waals surface area (Å²) in [5.41, 5.74) is 4.46. The number of nitrogens with zero attached hydrogens (tertiary/aromatic N) is 3. The highest BCUT2D eigenvalue weighted by Gasteiger charge is 2.23. The minimum atomic E-state index is -4.23. The number of para-hydroxylation sites is 2. The highest BCUT2D eigenvalue weighted by Crippen LogP contribution is 2.31. The molecular weight excluding hydrogens is 486 g/mol. The largest absolute Gasteiger partial charge is 0.495 e. The van der Waals surface area contributed by atoms with Crippen LogP contribution in [0.3, 0.4) is 0 Å². The van der Waals surface area contributed by atoms with Gasteiger partial charge in [-0.15, -0.1) is 0 Å². The molecule has 0 unspecified atom stereocenters. The Morgan fingerprint density at radius 3 is 2.47 bits per heavy atom. The van der Waals surface area contributed by atoms with E-state index in [1.807, 2.05) is 24.3 Å². The Morgan fingerprint density at radius 1 is 1.06 bits per heavy atom. The van der Waals surface area contributed by atoms with E-state index in [0.717, 1.165) is 30.4 Å². The van der Waals surface area contributed by atoms with Crippen LogP contribution in [0.15, 0.2) is 76.7 Å². The number of hydrogen-bond donors (Lipinski definition) is 2. The number of nitrogens with one attached hydrogen (secondary N) is 2. The maximum Gasteiger partial charge on any atom is 0.270 e. The van der Waals surface area contributed by atoms with Crippen molar-refractivity contribution in [2.24, 2.45) is 5.10 Å². The van der Waals surface area contributed by atoms with Gasteiger partial charge in [-0.25, -0.2) is 8.42 Å². The molecule has 3 aromatic carbocycles. The Labute approximate surface area is 208 Å². The van der Waals surface area contributed by atoms with E-state index in [4.69, 9.17) is 9.47 Å². The van der Waals surface area contributed by atoms with E-state index in [1.165, 1.54) is 31.5 Å². The summed E-state index contributed by atoms with van der Waals surface area (Å²) in [6.07, 6.45) is 1.54. The van der Waals surface area contributed by atoms with Crippen LogP contribution >= 0.6 is 0 Å². The van der Waals surface area contributed by atoms with E-state index in [0.29, 0.717) is 19.0 Å². The van der Waals surface area contributed by atoms with Crippen molar-refractivity contribution in [2.75, 3.05) is 48.5 Å². The molecule has 0 aliphatic carbocycles. The minimum absolute atomic E-state index is 0.0733. The van der Waals surface area contributed by atoms with Crippen LogP contribution in [0.1, 0.15) is 5.56 Å². The predicted molar refractivity (Wildman–Crippen MR) is 138 cm³/mol. The quantitative estimate of drug-likeness (QED) is 0.252. The van der Waals surface area contributed by atoms with Crippen molar-refractivity contribution >= 4 is 39.0 Å². The Balaban J connectivity index is 1.55. The van der Waals surface area contributed by atoms with Gasteiger partial charge in [0.25, 0.3) is 15.7 Å². The Bertz CT molecular complexity index is 1360. The number of sulfonamides is 1. The summed E-state index contributed by atoms with van der Waals surface area (Å²) < 4.78 is 39.4. The van der Waals surface area contributed by atoms with Crippen LogP contribution in [0.25, 0.3) is 0 Å². The third kappa shape index (κ3) is 5.90. The fourth-order valence-electron chi connectivity index (χ4n) is 3.64. The first-order chi connectivity index (χ1) is 17.4. The van der Waals surface area contributed by atoms with E-state index in [1.54, 1.807) is 18.2 Å². The zero-order valence-corrected chi connectivity index (χ0v) is 20.3. The number of non-ortho nitro benzene ring substituents is 1. The number of hydrazone groups is 1. The number of anilines is 3. The van der Waals surface area contributed by atoms with Gasteiger partial charge in [-0.3, -0.25) is 20.3 Å². The maximum absolute atomic E-state index is 13.2. The van der Waals surface area contributed by atoms with E-state index in [-0.39, 0.29) is 22.0 Å². The van der Waals surface area contributed by atoms with E-state index >= 15 is 0 Å². The van der Waals surface area contributed by atoms with E-state index < -0.39 is 14.9 Å². The summed E-state index contributed by atoms with van der Waals surface area (Å²) in [6, 6.07) is 17.7. The van der Waals surface area contributed by atoms with Crippen LogP contribution < -0.4 is 19.8 Å². The SMILES string of the molecule is COc1ccccc1NS(=O)(=O)c1cc([N+](=O)[O-])ccc1N/N=C\c1ccc(N2CCOCC2)cc1. The zero-order valence-electron chi connectivity index (χ0n) is 19.5. The average molecular weight is 512 g/mol. The highest BCUT2D eigenvalue weighted by atomic mass is 32.2. The number of rotatable bonds is 9. The number of morpholine rings is 1. The average Bonchev–Trinajstić information content (AvgIpc) is 2.89. The molecule has 0 bridgehead atoms. The molecule has 2 N–H and O–H groups in total. The van der Waals surface area contributed by atoms with Gasteiger partial charge in [-0.2, -0.15) is 5.10 Å². The fourth-order valence-corrected chi connectivity index (χ4v) is 4.88. The molecule has 188 valence electrons. The van der Waals surface area contributed by atoms with Gasteiger partial charge in [0.2, 0.25) is 0 Å². The Morgan fingerprint density at radius 2 is 1.78 bits per heavy atom. The number of hydrogen-bond acceptors (Lipinski definition) is 9. The smallest absolute Gasteiger partial charge is 0.270 e.